The van der Waals surface area contributed by atoms with Gasteiger partial charge in [-0.1, -0.05) is 42.5 Å². The Kier molecular flexibility index (Phi) is 6.01. The molecule has 0 aliphatic carbocycles. The van der Waals surface area contributed by atoms with Gasteiger partial charge in [-0.15, -0.1) is 0 Å². The quantitative estimate of drug-likeness (QED) is 0.531. The van der Waals surface area contributed by atoms with Crippen LogP contribution in [0.3, 0.4) is 0 Å². The molecule has 0 amide bonds. The molecular weight excluding hydrogens is 344 g/mol. The van der Waals surface area contributed by atoms with E-state index in [0.717, 1.165) is 11.1 Å². The molecule has 0 bridgehead atoms. The van der Waals surface area contributed by atoms with Gasteiger partial charge in [-0.25, -0.2) is 0 Å². The van der Waals surface area contributed by atoms with E-state index in [-0.39, 0.29) is 12.2 Å². The number of ether oxygens (including phenoxy) is 2. The lowest BCUT2D eigenvalue weighted by atomic mass is 9.92. The van der Waals surface area contributed by atoms with E-state index in [4.69, 9.17) is 9.47 Å². The molecule has 1 heterocycles. The van der Waals surface area contributed by atoms with Gasteiger partial charge in [-0.3, -0.25) is 14.4 Å². The lowest BCUT2D eigenvalue weighted by molar-refractivity contribution is -0.147. The second kappa shape index (κ2) is 8.62. The zero-order valence-corrected chi connectivity index (χ0v) is 15.2. The molecular formula is C22H22O5. The van der Waals surface area contributed by atoms with Gasteiger partial charge < -0.3 is 9.47 Å². The summed E-state index contributed by atoms with van der Waals surface area (Å²) in [4.78, 5) is 37.0. The highest BCUT2D eigenvalue weighted by Crippen LogP contribution is 2.24. The van der Waals surface area contributed by atoms with Crippen LogP contribution in [0.4, 0.5) is 0 Å². The zero-order chi connectivity index (χ0) is 19.2. The van der Waals surface area contributed by atoms with Crippen molar-refractivity contribution in [2.75, 3.05) is 7.11 Å². The molecule has 0 N–H and O–H groups in total. The van der Waals surface area contributed by atoms with Gasteiger partial charge in [-0.05, 0) is 42.5 Å². The molecule has 1 saturated heterocycles. The van der Waals surface area contributed by atoms with Crippen LogP contribution in [-0.2, 0) is 32.0 Å². The van der Waals surface area contributed by atoms with Crippen molar-refractivity contribution in [1.29, 1.82) is 0 Å². The molecule has 0 saturated carbocycles. The summed E-state index contributed by atoms with van der Waals surface area (Å²) in [6.45, 7) is 0. The topological polar surface area (TPSA) is 69.7 Å². The highest BCUT2D eigenvalue weighted by Gasteiger charge is 2.46. The minimum absolute atomic E-state index is 0.115. The number of hydrogen-bond donors (Lipinski definition) is 0. The molecule has 0 radical (unpaired) electrons. The first-order valence-electron chi connectivity index (χ1n) is 9.02. The predicted molar refractivity (Wildman–Crippen MR) is 99.5 cm³/mol. The Labute approximate surface area is 158 Å². The first-order valence-corrected chi connectivity index (χ1v) is 9.02. The molecule has 3 rings (SSSR count). The second-order valence-electron chi connectivity index (χ2n) is 6.60. The van der Waals surface area contributed by atoms with Crippen LogP contribution in [0.2, 0.25) is 0 Å². The molecule has 5 nitrogen and oxygen atoms in total. The van der Waals surface area contributed by atoms with E-state index in [1.54, 1.807) is 7.11 Å². The number of carbonyl (C=O) groups excluding carboxylic acids is 3. The molecule has 2 aromatic rings. The van der Waals surface area contributed by atoms with Gasteiger partial charge in [0.1, 0.15) is 5.75 Å². The van der Waals surface area contributed by atoms with Gasteiger partial charge in [0.15, 0.2) is 23.6 Å². The number of benzene rings is 2. The normalized spacial score (nSPS) is 19.0. The number of esters is 1. The van der Waals surface area contributed by atoms with Crippen LogP contribution < -0.4 is 4.74 Å². The Hall–Kier alpha value is -2.95. The van der Waals surface area contributed by atoms with Crippen LogP contribution in [0.25, 0.3) is 0 Å². The van der Waals surface area contributed by atoms with Crippen LogP contribution in [0, 0.1) is 5.92 Å². The number of Topliss-reactive ketones (excluding diaryl/α,β-unsaturated/α-hetero) is 2. The molecule has 1 fully saturated rings. The number of methoxy groups -OCH3 is 1. The standard InChI is InChI=1S/C22H22O5/c1-26-17-9-5-8-16(14-17)10-12-18(23)20-21(24)19(27-22(20)25)13-11-15-6-3-2-4-7-15/h2-9,14,19-20H,10-13H2,1H3. The van der Waals surface area contributed by atoms with Gasteiger partial charge in [0, 0.05) is 6.42 Å². The molecule has 27 heavy (non-hydrogen) atoms. The Morgan fingerprint density at radius 3 is 2.48 bits per heavy atom. The van der Waals surface area contributed by atoms with Gasteiger partial charge in [0.05, 0.1) is 7.11 Å². The van der Waals surface area contributed by atoms with E-state index < -0.39 is 23.8 Å². The molecule has 1 aliphatic heterocycles. The number of aryl methyl sites for hydroxylation is 2. The van der Waals surface area contributed by atoms with Crippen LogP contribution in [0.15, 0.2) is 54.6 Å². The second-order valence-corrected chi connectivity index (χ2v) is 6.60. The Morgan fingerprint density at radius 1 is 1.00 bits per heavy atom. The molecule has 5 heteroatoms. The van der Waals surface area contributed by atoms with E-state index in [9.17, 15) is 14.4 Å². The molecule has 0 spiro atoms. The minimum atomic E-state index is -1.28. The molecule has 2 atom stereocenters. The van der Waals surface area contributed by atoms with Crippen LogP contribution in [-0.4, -0.2) is 30.7 Å². The fourth-order valence-electron chi connectivity index (χ4n) is 3.24. The SMILES string of the molecule is COc1cccc(CCC(=O)C2C(=O)OC(CCc3ccccc3)C2=O)c1. The monoisotopic (exact) mass is 366 g/mol. The van der Waals surface area contributed by atoms with Crippen LogP contribution in [0.1, 0.15) is 24.0 Å². The molecule has 1 aliphatic rings. The van der Waals surface area contributed by atoms with Gasteiger partial charge in [-0.2, -0.15) is 0 Å². The van der Waals surface area contributed by atoms with Crippen molar-refractivity contribution in [2.45, 2.75) is 31.8 Å². The summed E-state index contributed by atoms with van der Waals surface area (Å²) in [6, 6.07) is 17.1. The molecule has 2 aromatic carbocycles. The Balaban J connectivity index is 1.56. The summed E-state index contributed by atoms with van der Waals surface area (Å²) in [7, 11) is 1.58. The van der Waals surface area contributed by atoms with Crippen molar-refractivity contribution in [1.82, 2.24) is 0 Å². The van der Waals surface area contributed by atoms with Crippen molar-refractivity contribution in [3.63, 3.8) is 0 Å². The summed E-state index contributed by atoms with van der Waals surface area (Å²) in [5.41, 5.74) is 1.98. The van der Waals surface area contributed by atoms with E-state index in [2.05, 4.69) is 0 Å². The maximum atomic E-state index is 12.5. The summed E-state index contributed by atoms with van der Waals surface area (Å²) < 4.78 is 10.3. The fourth-order valence-corrected chi connectivity index (χ4v) is 3.24. The minimum Gasteiger partial charge on any atom is -0.497 e. The Morgan fingerprint density at radius 2 is 1.74 bits per heavy atom. The number of hydrogen-bond acceptors (Lipinski definition) is 5. The maximum absolute atomic E-state index is 12.5. The third kappa shape index (κ3) is 4.61. The third-order valence-electron chi connectivity index (χ3n) is 4.75. The van der Waals surface area contributed by atoms with E-state index in [0.29, 0.717) is 25.0 Å². The van der Waals surface area contributed by atoms with E-state index in [1.165, 1.54) is 0 Å². The lowest BCUT2D eigenvalue weighted by Crippen LogP contribution is -2.28. The first-order chi connectivity index (χ1) is 13.1. The van der Waals surface area contributed by atoms with Crippen LogP contribution >= 0.6 is 0 Å². The van der Waals surface area contributed by atoms with Crippen molar-refractivity contribution in [3.8, 4) is 5.75 Å². The number of rotatable bonds is 8. The number of ketones is 2. The highest BCUT2D eigenvalue weighted by atomic mass is 16.6. The summed E-state index contributed by atoms with van der Waals surface area (Å²) in [5, 5.41) is 0. The fraction of sp³-hybridized carbons (Fsp3) is 0.318. The number of carbonyl (C=O) groups is 3. The highest BCUT2D eigenvalue weighted by molar-refractivity contribution is 6.21. The summed E-state index contributed by atoms with van der Waals surface area (Å²) >= 11 is 0. The first kappa shape index (κ1) is 18.8. The average molecular weight is 366 g/mol. The van der Waals surface area contributed by atoms with Gasteiger partial charge >= 0.3 is 5.97 Å². The van der Waals surface area contributed by atoms with E-state index >= 15 is 0 Å². The summed E-state index contributed by atoms with van der Waals surface area (Å²) in [5.74, 6) is -2.08. The predicted octanol–water partition coefficient (Wildman–Crippen LogP) is 2.94. The lowest BCUT2D eigenvalue weighted by Gasteiger charge is -2.08. The average Bonchev–Trinajstić information content (AvgIpc) is 2.99. The van der Waals surface area contributed by atoms with Crippen molar-refractivity contribution >= 4 is 17.5 Å². The molecule has 2 unspecified atom stereocenters. The molecule has 0 aromatic heterocycles. The molecule has 140 valence electrons. The third-order valence-corrected chi connectivity index (χ3v) is 4.75. The largest absolute Gasteiger partial charge is 0.497 e. The van der Waals surface area contributed by atoms with Gasteiger partial charge in [0.25, 0.3) is 0 Å². The van der Waals surface area contributed by atoms with Crippen LogP contribution in [0.5, 0.6) is 5.75 Å². The van der Waals surface area contributed by atoms with E-state index in [1.807, 2.05) is 54.6 Å². The van der Waals surface area contributed by atoms with Crippen molar-refractivity contribution in [3.05, 3.63) is 65.7 Å². The smallest absolute Gasteiger partial charge is 0.325 e. The summed E-state index contributed by atoms with van der Waals surface area (Å²) in [6.07, 6.45) is 0.749. The maximum Gasteiger partial charge on any atom is 0.325 e. The van der Waals surface area contributed by atoms with Crippen molar-refractivity contribution in [2.24, 2.45) is 5.92 Å². The van der Waals surface area contributed by atoms with Crippen molar-refractivity contribution < 1.29 is 23.9 Å². The zero-order valence-electron chi connectivity index (χ0n) is 15.2. The number of cyclic esters (lactones) is 1. The van der Waals surface area contributed by atoms with Gasteiger partial charge in [0.2, 0.25) is 0 Å². The Bertz CT molecular complexity index is 828.